The fourth-order valence-electron chi connectivity index (χ4n) is 4.43. The highest BCUT2D eigenvalue weighted by atomic mass is 35.5. The van der Waals surface area contributed by atoms with Crippen molar-refractivity contribution >= 4 is 17.7 Å². The van der Waals surface area contributed by atoms with Crippen LogP contribution in [0.2, 0.25) is 5.02 Å². The Kier molecular flexibility index (Phi) is 7.10. The molecular weight excluding hydrogens is 396 g/mol. The van der Waals surface area contributed by atoms with E-state index in [1.165, 1.54) is 23.1 Å². The Balaban J connectivity index is 1.93. The molecule has 30 heavy (non-hydrogen) atoms. The lowest BCUT2D eigenvalue weighted by molar-refractivity contribution is 0.0511. The first-order valence-corrected chi connectivity index (χ1v) is 11.1. The molecule has 2 N–H and O–H groups in total. The van der Waals surface area contributed by atoms with Gasteiger partial charge in [0, 0.05) is 29.4 Å². The average Bonchev–Trinajstić information content (AvgIpc) is 2.64. The van der Waals surface area contributed by atoms with Gasteiger partial charge < -0.3 is 15.4 Å². The van der Waals surface area contributed by atoms with E-state index in [0.717, 1.165) is 24.4 Å². The van der Waals surface area contributed by atoms with Crippen molar-refractivity contribution in [1.29, 1.82) is 0 Å². The fourth-order valence-corrected chi connectivity index (χ4v) is 4.56. The molecule has 0 radical (unpaired) electrons. The molecule has 2 aromatic carbocycles. The summed E-state index contributed by atoms with van der Waals surface area (Å²) in [5.41, 5.74) is 3.23. The van der Waals surface area contributed by atoms with Crippen molar-refractivity contribution in [3.8, 4) is 0 Å². The minimum absolute atomic E-state index is 0.0160. The number of hydrogen-bond donors (Lipinski definition) is 2. The zero-order chi connectivity index (χ0) is 21.8. The Morgan fingerprint density at radius 3 is 2.43 bits per heavy atom. The lowest BCUT2D eigenvalue weighted by Gasteiger charge is -2.49. The molecule has 0 bridgehead atoms. The number of benzene rings is 2. The van der Waals surface area contributed by atoms with E-state index in [4.69, 9.17) is 16.3 Å². The number of rotatable bonds is 7. The van der Waals surface area contributed by atoms with Crippen molar-refractivity contribution in [3.05, 3.63) is 70.2 Å². The number of carbonyl (C=O) groups is 1. The molecule has 0 aromatic heterocycles. The molecule has 1 aliphatic rings. The molecule has 0 spiro atoms. The second kappa shape index (κ2) is 9.40. The number of halogens is 1. The zero-order valence-electron chi connectivity index (χ0n) is 18.4. The van der Waals surface area contributed by atoms with E-state index < -0.39 is 5.60 Å². The number of hydrogen-bond acceptors (Lipinski definition) is 3. The van der Waals surface area contributed by atoms with Crippen LogP contribution in [-0.4, -0.2) is 25.3 Å². The summed E-state index contributed by atoms with van der Waals surface area (Å²) in [7, 11) is 1.95. The van der Waals surface area contributed by atoms with Crippen molar-refractivity contribution in [2.24, 2.45) is 0 Å². The first-order valence-electron chi connectivity index (χ1n) is 10.7. The van der Waals surface area contributed by atoms with Crippen LogP contribution in [0.5, 0.6) is 0 Å². The highest BCUT2D eigenvalue weighted by Crippen LogP contribution is 2.53. The maximum Gasteiger partial charge on any atom is 0.407 e. The molecule has 4 nitrogen and oxygen atoms in total. The monoisotopic (exact) mass is 428 g/mol. The van der Waals surface area contributed by atoms with E-state index >= 15 is 0 Å². The third kappa shape index (κ3) is 5.35. The maximum atomic E-state index is 12.4. The lowest BCUT2D eigenvalue weighted by Crippen LogP contribution is -2.46. The SMILES string of the molecule is CNCc1cccc([C@H](CNC(=O)OC(C)(C)C)C2(c3ccc(Cl)cc3)CCC2)c1. The van der Waals surface area contributed by atoms with Crippen molar-refractivity contribution in [1.82, 2.24) is 10.6 Å². The highest BCUT2D eigenvalue weighted by molar-refractivity contribution is 6.30. The summed E-state index contributed by atoms with van der Waals surface area (Å²) in [5, 5.41) is 7.01. The van der Waals surface area contributed by atoms with Gasteiger partial charge in [-0.15, -0.1) is 0 Å². The van der Waals surface area contributed by atoms with Crippen molar-refractivity contribution in [3.63, 3.8) is 0 Å². The number of carbonyl (C=O) groups excluding carboxylic acids is 1. The van der Waals surface area contributed by atoms with Crippen LogP contribution in [0.1, 0.15) is 62.6 Å². The summed E-state index contributed by atoms with van der Waals surface area (Å²) >= 11 is 6.16. The highest BCUT2D eigenvalue weighted by Gasteiger charge is 2.46. The van der Waals surface area contributed by atoms with Gasteiger partial charge in [-0.2, -0.15) is 0 Å². The topological polar surface area (TPSA) is 50.4 Å². The van der Waals surface area contributed by atoms with E-state index in [0.29, 0.717) is 6.54 Å². The molecule has 162 valence electrons. The molecule has 3 rings (SSSR count). The minimum Gasteiger partial charge on any atom is -0.444 e. The van der Waals surface area contributed by atoms with Gasteiger partial charge in [0.05, 0.1) is 0 Å². The largest absolute Gasteiger partial charge is 0.444 e. The molecule has 0 heterocycles. The number of ether oxygens (including phenoxy) is 1. The van der Waals surface area contributed by atoms with Gasteiger partial charge in [-0.1, -0.05) is 54.4 Å². The Bertz CT molecular complexity index is 854. The number of nitrogens with one attached hydrogen (secondary N) is 2. The molecule has 1 saturated carbocycles. The molecule has 5 heteroatoms. The van der Waals surface area contributed by atoms with Crippen molar-refractivity contribution < 1.29 is 9.53 Å². The van der Waals surface area contributed by atoms with Crippen LogP contribution >= 0.6 is 11.6 Å². The number of amides is 1. The summed E-state index contributed by atoms with van der Waals surface area (Å²) in [5.74, 6) is 0.150. The van der Waals surface area contributed by atoms with Crippen LogP contribution in [0.15, 0.2) is 48.5 Å². The third-order valence-electron chi connectivity index (χ3n) is 5.92. The van der Waals surface area contributed by atoms with E-state index in [1.807, 2.05) is 40.0 Å². The second-order valence-electron chi connectivity index (χ2n) is 9.23. The first-order chi connectivity index (χ1) is 14.2. The van der Waals surface area contributed by atoms with Gasteiger partial charge in [-0.3, -0.25) is 0 Å². The normalized spacial score (nSPS) is 16.4. The predicted molar refractivity (Wildman–Crippen MR) is 123 cm³/mol. The van der Waals surface area contributed by atoms with Crippen molar-refractivity contribution in [2.75, 3.05) is 13.6 Å². The van der Waals surface area contributed by atoms with E-state index in [1.54, 1.807) is 0 Å². The molecule has 2 aromatic rings. The number of alkyl carbamates (subject to hydrolysis) is 1. The summed E-state index contributed by atoms with van der Waals surface area (Å²) in [6, 6.07) is 16.9. The van der Waals surface area contributed by atoms with Crippen molar-refractivity contribution in [2.45, 2.75) is 63.5 Å². The van der Waals surface area contributed by atoms with Gasteiger partial charge in [0.2, 0.25) is 0 Å². The summed E-state index contributed by atoms with van der Waals surface area (Å²) in [6.07, 6.45) is 2.99. The Hall–Kier alpha value is -2.04. The zero-order valence-corrected chi connectivity index (χ0v) is 19.2. The molecule has 1 fully saturated rings. The Morgan fingerprint density at radius 2 is 1.87 bits per heavy atom. The Labute approximate surface area is 185 Å². The smallest absolute Gasteiger partial charge is 0.407 e. The second-order valence-corrected chi connectivity index (χ2v) is 9.66. The Morgan fingerprint density at radius 1 is 1.17 bits per heavy atom. The third-order valence-corrected chi connectivity index (χ3v) is 6.17. The van der Waals surface area contributed by atoms with Crippen LogP contribution in [0.4, 0.5) is 4.79 Å². The molecule has 1 aliphatic carbocycles. The van der Waals surface area contributed by atoms with Crippen LogP contribution in [0, 0.1) is 0 Å². The van der Waals surface area contributed by atoms with Gasteiger partial charge in [-0.25, -0.2) is 4.79 Å². The van der Waals surface area contributed by atoms with Crippen LogP contribution in [0.3, 0.4) is 0 Å². The molecule has 0 aliphatic heterocycles. The molecule has 1 atom stereocenters. The van der Waals surface area contributed by atoms with Gasteiger partial charge >= 0.3 is 6.09 Å². The lowest BCUT2D eigenvalue weighted by atomic mass is 9.56. The fraction of sp³-hybridized carbons (Fsp3) is 0.480. The maximum absolute atomic E-state index is 12.4. The predicted octanol–water partition coefficient (Wildman–Crippen LogP) is 5.79. The van der Waals surface area contributed by atoms with Gasteiger partial charge in [0.25, 0.3) is 0 Å². The van der Waals surface area contributed by atoms with E-state index in [-0.39, 0.29) is 17.4 Å². The van der Waals surface area contributed by atoms with Crippen LogP contribution in [0.25, 0.3) is 0 Å². The summed E-state index contributed by atoms with van der Waals surface area (Å²) in [6.45, 7) is 6.99. The molecule has 1 amide bonds. The van der Waals surface area contributed by atoms with Gasteiger partial charge in [0.1, 0.15) is 5.60 Å². The minimum atomic E-state index is -0.517. The van der Waals surface area contributed by atoms with Gasteiger partial charge in [-0.05, 0) is 69.5 Å². The van der Waals surface area contributed by atoms with E-state index in [2.05, 4.69) is 47.0 Å². The first kappa shape index (κ1) is 22.6. The molecule has 0 saturated heterocycles. The quantitative estimate of drug-likeness (QED) is 0.586. The molecular formula is C25H33ClN2O2. The standard InChI is InChI=1S/C25H33ClN2O2/c1-24(2,3)30-23(29)28-17-22(19-8-5-7-18(15-19)16-27-4)25(13-6-14-25)20-9-11-21(26)12-10-20/h5,7-12,15,22,27H,6,13-14,16-17H2,1-4H3,(H,28,29)/t22-/m0/s1. The summed E-state index contributed by atoms with van der Waals surface area (Å²) in [4.78, 5) is 12.4. The summed E-state index contributed by atoms with van der Waals surface area (Å²) < 4.78 is 5.49. The van der Waals surface area contributed by atoms with Gasteiger partial charge in [0.15, 0.2) is 0 Å². The average molecular weight is 429 g/mol. The van der Waals surface area contributed by atoms with E-state index in [9.17, 15) is 4.79 Å². The van der Waals surface area contributed by atoms with Crippen LogP contribution in [-0.2, 0) is 16.7 Å². The molecule has 0 unspecified atom stereocenters. The van der Waals surface area contributed by atoms with Crippen LogP contribution < -0.4 is 10.6 Å².